The Kier molecular flexibility index (Phi) is 9.20. The molecule has 0 aromatic heterocycles. The molecule has 1 aromatic rings. The molecule has 0 N–H and O–H groups in total. The molecule has 0 saturated heterocycles. The van der Waals surface area contributed by atoms with Crippen molar-refractivity contribution in [3.05, 3.63) is 60.2 Å². The fraction of sp³-hybridized carbons (Fsp3) is 0.480. The van der Waals surface area contributed by atoms with E-state index < -0.39 is 0 Å². The first kappa shape index (κ1) is 23.0. The lowest BCUT2D eigenvalue weighted by molar-refractivity contribution is 0.0914. The summed E-state index contributed by atoms with van der Waals surface area (Å²) in [7, 11) is 5.38. The van der Waals surface area contributed by atoms with Gasteiger partial charge in [-0.05, 0) is 56.5 Å². The molecular weight excluding hydrogens is 362 g/mol. The van der Waals surface area contributed by atoms with E-state index in [0.29, 0.717) is 17.4 Å². The molecule has 1 aliphatic carbocycles. The second-order valence-corrected chi connectivity index (χ2v) is 7.74. The van der Waals surface area contributed by atoms with Crippen LogP contribution in [0.3, 0.4) is 0 Å². The number of allylic oxidation sites excluding steroid dienone is 4. The van der Waals surface area contributed by atoms with E-state index in [2.05, 4.69) is 31.5 Å². The van der Waals surface area contributed by atoms with E-state index in [0.717, 1.165) is 49.9 Å². The van der Waals surface area contributed by atoms with Crippen LogP contribution in [0.2, 0.25) is 0 Å². The maximum absolute atomic E-state index is 13.0. The number of methoxy groups -OCH3 is 2. The molecule has 158 valence electrons. The summed E-state index contributed by atoms with van der Waals surface area (Å²) in [4.78, 5) is 15.3. The number of nitrogens with zero attached hydrogens (tertiary/aromatic N) is 1. The first-order valence-electron chi connectivity index (χ1n) is 10.5. The van der Waals surface area contributed by atoms with E-state index in [-0.39, 0.29) is 11.7 Å². The molecule has 0 aliphatic heterocycles. The lowest BCUT2D eigenvalue weighted by Crippen LogP contribution is -2.23. The summed E-state index contributed by atoms with van der Waals surface area (Å²) in [5, 5.41) is 0. The molecule has 1 aliphatic rings. The Labute approximate surface area is 175 Å². The second-order valence-electron chi connectivity index (χ2n) is 7.74. The van der Waals surface area contributed by atoms with Gasteiger partial charge in [0.25, 0.3) is 0 Å². The molecule has 1 aromatic carbocycles. The largest absolute Gasteiger partial charge is 0.493 e. The third-order valence-corrected chi connectivity index (χ3v) is 5.74. The van der Waals surface area contributed by atoms with E-state index in [1.54, 1.807) is 20.3 Å². The van der Waals surface area contributed by atoms with E-state index >= 15 is 0 Å². The highest BCUT2D eigenvalue weighted by molar-refractivity contribution is 6.02. The Bertz CT molecular complexity index is 751. The Morgan fingerprint density at radius 1 is 1.21 bits per heavy atom. The van der Waals surface area contributed by atoms with Gasteiger partial charge in [0.1, 0.15) is 0 Å². The summed E-state index contributed by atoms with van der Waals surface area (Å²) >= 11 is 0. The maximum atomic E-state index is 13.0. The van der Waals surface area contributed by atoms with Gasteiger partial charge in [-0.1, -0.05) is 50.3 Å². The van der Waals surface area contributed by atoms with Gasteiger partial charge in [0.15, 0.2) is 17.3 Å². The van der Waals surface area contributed by atoms with E-state index in [1.807, 2.05) is 30.4 Å². The quantitative estimate of drug-likeness (QED) is 0.460. The number of hydrogen-bond donors (Lipinski definition) is 0. The van der Waals surface area contributed by atoms with Crippen molar-refractivity contribution < 1.29 is 14.3 Å². The van der Waals surface area contributed by atoms with E-state index in [1.165, 1.54) is 0 Å². The van der Waals surface area contributed by atoms with Crippen LogP contribution in [0.4, 0.5) is 0 Å². The minimum Gasteiger partial charge on any atom is -0.493 e. The monoisotopic (exact) mass is 397 g/mol. The number of carbonyl (C=O) groups excluding carboxylic acids is 1. The molecule has 4 heteroatoms. The summed E-state index contributed by atoms with van der Waals surface area (Å²) in [5.41, 5.74) is 1.89. The Balaban J connectivity index is 1.90. The van der Waals surface area contributed by atoms with Crippen molar-refractivity contribution in [3.8, 4) is 11.5 Å². The summed E-state index contributed by atoms with van der Waals surface area (Å²) in [6.45, 7) is 7.84. The standard InChI is InChI=1S/C25H35NO3/c1-6-8-9-10-11-13-26(3)14-12-19(7-2)15-21-16-20-17-23(28-4)24(29-5)18-22(20)25(21)27/h6,8-11,17-19,21H,1,7,12-16H2,2-5H3/b9-8-,11-10+/t19?,21-/m0/s1. The first-order valence-corrected chi connectivity index (χ1v) is 10.5. The molecule has 0 spiro atoms. The van der Waals surface area contributed by atoms with Crippen LogP contribution in [-0.2, 0) is 6.42 Å². The molecule has 1 unspecified atom stereocenters. The topological polar surface area (TPSA) is 38.8 Å². The fourth-order valence-electron chi connectivity index (χ4n) is 3.94. The lowest BCUT2D eigenvalue weighted by Gasteiger charge is -2.21. The summed E-state index contributed by atoms with van der Waals surface area (Å²) in [5.74, 6) is 2.20. The van der Waals surface area contributed by atoms with Crippen LogP contribution in [0.1, 0.15) is 42.1 Å². The molecule has 29 heavy (non-hydrogen) atoms. The Hall–Kier alpha value is -2.33. The zero-order chi connectivity index (χ0) is 21.2. The molecule has 0 fully saturated rings. The normalized spacial score (nSPS) is 17.3. The number of ether oxygens (including phenoxy) is 2. The molecule has 2 rings (SSSR count). The summed E-state index contributed by atoms with van der Waals surface area (Å²) < 4.78 is 10.8. The summed E-state index contributed by atoms with van der Waals surface area (Å²) in [6, 6.07) is 3.81. The lowest BCUT2D eigenvalue weighted by atomic mass is 9.88. The van der Waals surface area contributed by atoms with Gasteiger partial charge in [0.2, 0.25) is 0 Å². The molecular formula is C25H35NO3. The fourth-order valence-corrected chi connectivity index (χ4v) is 3.94. The van der Waals surface area contributed by atoms with Crippen LogP contribution in [0.25, 0.3) is 0 Å². The van der Waals surface area contributed by atoms with Gasteiger partial charge in [-0.3, -0.25) is 4.79 Å². The number of hydrogen-bond acceptors (Lipinski definition) is 4. The molecule has 0 bridgehead atoms. The van der Waals surface area contributed by atoms with Crippen molar-refractivity contribution in [1.29, 1.82) is 0 Å². The number of benzene rings is 1. The molecule has 2 atom stereocenters. The van der Waals surface area contributed by atoms with Crippen LogP contribution in [0.15, 0.2) is 49.1 Å². The van der Waals surface area contributed by atoms with Crippen LogP contribution >= 0.6 is 0 Å². The van der Waals surface area contributed by atoms with Crippen LogP contribution < -0.4 is 9.47 Å². The zero-order valence-corrected chi connectivity index (χ0v) is 18.3. The van der Waals surface area contributed by atoms with Gasteiger partial charge in [-0.2, -0.15) is 0 Å². The van der Waals surface area contributed by atoms with Crippen LogP contribution in [-0.4, -0.2) is 45.0 Å². The van der Waals surface area contributed by atoms with Crippen LogP contribution in [0, 0.1) is 11.8 Å². The van der Waals surface area contributed by atoms with E-state index in [4.69, 9.17) is 9.47 Å². The van der Waals surface area contributed by atoms with Gasteiger partial charge in [0.05, 0.1) is 14.2 Å². The third kappa shape index (κ3) is 6.33. The predicted molar refractivity (Wildman–Crippen MR) is 120 cm³/mol. The summed E-state index contributed by atoms with van der Waals surface area (Å²) in [6.07, 6.45) is 13.8. The molecule has 4 nitrogen and oxygen atoms in total. The number of Topliss-reactive ketones (excluding diaryl/α,β-unsaturated/α-hetero) is 1. The molecule has 0 saturated carbocycles. The highest BCUT2D eigenvalue weighted by Crippen LogP contribution is 2.39. The Morgan fingerprint density at radius 2 is 1.93 bits per heavy atom. The zero-order valence-electron chi connectivity index (χ0n) is 18.3. The first-order chi connectivity index (χ1) is 14.0. The van der Waals surface area contributed by atoms with Crippen molar-refractivity contribution in [3.63, 3.8) is 0 Å². The minimum atomic E-state index is 0.0704. The Morgan fingerprint density at radius 3 is 2.59 bits per heavy atom. The van der Waals surface area contributed by atoms with Crippen molar-refractivity contribution in [2.75, 3.05) is 34.4 Å². The molecule has 0 radical (unpaired) electrons. The van der Waals surface area contributed by atoms with Gasteiger partial charge >= 0.3 is 0 Å². The van der Waals surface area contributed by atoms with Crippen molar-refractivity contribution in [1.82, 2.24) is 4.90 Å². The number of carbonyl (C=O) groups is 1. The smallest absolute Gasteiger partial charge is 0.166 e. The van der Waals surface area contributed by atoms with Gasteiger partial charge < -0.3 is 14.4 Å². The van der Waals surface area contributed by atoms with Crippen molar-refractivity contribution in [2.45, 2.75) is 32.6 Å². The van der Waals surface area contributed by atoms with Gasteiger partial charge in [0, 0.05) is 18.0 Å². The average molecular weight is 398 g/mol. The predicted octanol–water partition coefficient (Wildman–Crippen LogP) is 5.10. The van der Waals surface area contributed by atoms with Crippen molar-refractivity contribution in [2.24, 2.45) is 11.8 Å². The minimum absolute atomic E-state index is 0.0704. The highest BCUT2D eigenvalue weighted by atomic mass is 16.5. The highest BCUT2D eigenvalue weighted by Gasteiger charge is 2.33. The van der Waals surface area contributed by atoms with Crippen LogP contribution in [0.5, 0.6) is 11.5 Å². The molecule has 0 amide bonds. The number of likely N-dealkylation sites (N-methyl/N-ethyl adjacent to an activating group) is 1. The SMILES string of the molecule is C=C/C=C\C=C\CN(C)CCC(CC)C[C@H]1Cc2cc(OC)c(OC)cc2C1=O. The third-order valence-electron chi connectivity index (χ3n) is 5.74. The van der Waals surface area contributed by atoms with E-state index in [9.17, 15) is 4.79 Å². The molecule has 0 heterocycles. The second kappa shape index (κ2) is 11.6. The number of fused-ring (bicyclic) bond motifs is 1. The number of ketones is 1. The maximum Gasteiger partial charge on any atom is 0.166 e. The average Bonchev–Trinajstić information content (AvgIpc) is 3.04. The van der Waals surface area contributed by atoms with Crippen molar-refractivity contribution >= 4 is 5.78 Å². The number of rotatable bonds is 12. The van der Waals surface area contributed by atoms with Gasteiger partial charge in [-0.15, -0.1) is 0 Å². The van der Waals surface area contributed by atoms with Gasteiger partial charge in [-0.25, -0.2) is 0 Å².